The molecule has 2 aromatic carbocycles. The van der Waals surface area contributed by atoms with Gasteiger partial charge >= 0.3 is 0 Å². The summed E-state index contributed by atoms with van der Waals surface area (Å²) < 4.78 is 17.0. The Balaban J connectivity index is 0.999. The number of likely N-dealkylation sites (tertiary alicyclic amines) is 1. The van der Waals surface area contributed by atoms with E-state index in [4.69, 9.17) is 5.73 Å². The van der Waals surface area contributed by atoms with Gasteiger partial charge in [-0.1, -0.05) is 36.4 Å². The van der Waals surface area contributed by atoms with Crippen LogP contribution in [0.5, 0.6) is 0 Å². The van der Waals surface area contributed by atoms with E-state index in [1.165, 1.54) is 5.56 Å². The summed E-state index contributed by atoms with van der Waals surface area (Å²) in [4.78, 5) is 30.4. The second-order valence-corrected chi connectivity index (χ2v) is 12.0. The summed E-state index contributed by atoms with van der Waals surface area (Å²) in [6.45, 7) is 4.76. The zero-order valence-electron chi connectivity index (χ0n) is 24.6. The quantitative estimate of drug-likeness (QED) is 0.274. The van der Waals surface area contributed by atoms with E-state index in [9.17, 15) is 9.59 Å². The largest absolute Gasteiger partial charge is 0.326 e. The van der Waals surface area contributed by atoms with Crippen LogP contribution in [0, 0.1) is 6.92 Å². The van der Waals surface area contributed by atoms with Gasteiger partial charge in [-0.3, -0.25) is 14.9 Å². The fourth-order valence-corrected chi connectivity index (χ4v) is 6.57. The molecule has 8 nitrogen and oxygen atoms in total. The number of alkyl halides is 1. The molecule has 2 fully saturated rings. The number of nitrogens with zero attached hydrogens (tertiary/aromatic N) is 4. The molecular weight excluding hydrogens is 543 g/mol. The summed E-state index contributed by atoms with van der Waals surface area (Å²) in [7, 11) is 0. The topological polar surface area (TPSA) is 106 Å². The molecule has 0 saturated carbocycles. The molecule has 0 bridgehead atoms. The number of imide groups is 1. The molecule has 3 N–H and O–H groups in total. The first-order valence-corrected chi connectivity index (χ1v) is 15.3. The van der Waals surface area contributed by atoms with E-state index in [-0.39, 0.29) is 17.7 Å². The third-order valence-electron chi connectivity index (χ3n) is 9.14. The Morgan fingerprint density at radius 3 is 2.53 bits per heavy atom. The minimum Gasteiger partial charge on any atom is -0.326 e. The number of nitrogens with one attached hydrogen (secondary N) is 1. The van der Waals surface area contributed by atoms with E-state index < -0.39 is 6.17 Å². The molecule has 0 aliphatic carbocycles. The van der Waals surface area contributed by atoms with Crippen molar-refractivity contribution in [3.63, 3.8) is 0 Å². The highest BCUT2D eigenvalue weighted by molar-refractivity contribution is 6.00. The summed E-state index contributed by atoms with van der Waals surface area (Å²) in [5.74, 6) is -0.216. The van der Waals surface area contributed by atoms with Gasteiger partial charge < -0.3 is 10.6 Å². The number of amides is 2. The number of fused-ring (bicyclic) bond motifs is 1. The SMILES string of the molecule is Cc1cc(-c2ncnn3cc(CC[C@H](F)CN4CCC(c5ccc(C6CCC(=O)NC6=O)cc5)CC4)cc23)ccc1CN. The number of benzene rings is 2. The van der Waals surface area contributed by atoms with E-state index in [0.717, 1.165) is 65.0 Å². The van der Waals surface area contributed by atoms with Crippen LogP contribution in [0.15, 0.2) is 61.1 Å². The van der Waals surface area contributed by atoms with Crippen LogP contribution >= 0.6 is 0 Å². The van der Waals surface area contributed by atoms with Crippen LogP contribution < -0.4 is 11.1 Å². The van der Waals surface area contributed by atoms with Gasteiger partial charge in [-0.2, -0.15) is 5.10 Å². The predicted molar refractivity (Wildman–Crippen MR) is 164 cm³/mol. The average Bonchev–Trinajstić information content (AvgIpc) is 3.44. The van der Waals surface area contributed by atoms with E-state index in [0.29, 0.717) is 44.7 Å². The maximum atomic E-state index is 15.1. The Bertz CT molecular complexity index is 1610. The van der Waals surface area contributed by atoms with Gasteiger partial charge in [0.05, 0.1) is 17.1 Å². The van der Waals surface area contributed by atoms with Crippen molar-refractivity contribution in [2.45, 2.75) is 70.0 Å². The smallest absolute Gasteiger partial charge is 0.234 e. The Morgan fingerprint density at radius 1 is 1.05 bits per heavy atom. The summed E-state index contributed by atoms with van der Waals surface area (Å²) in [6.07, 6.45) is 6.67. The number of rotatable bonds is 9. The normalized spacial score (nSPS) is 19.1. The molecule has 2 amide bonds. The van der Waals surface area contributed by atoms with Crippen molar-refractivity contribution in [2.75, 3.05) is 19.6 Å². The van der Waals surface area contributed by atoms with Gasteiger partial charge in [-0.25, -0.2) is 13.9 Å². The number of nitrogens with two attached hydrogens (primary N) is 1. The zero-order valence-corrected chi connectivity index (χ0v) is 24.6. The number of aromatic nitrogens is 3. The molecule has 224 valence electrons. The maximum absolute atomic E-state index is 15.1. The first kappa shape index (κ1) is 29.1. The minimum atomic E-state index is -0.899. The highest BCUT2D eigenvalue weighted by atomic mass is 19.1. The molecular formula is C34H39FN6O2. The Kier molecular flexibility index (Phi) is 8.63. The highest BCUT2D eigenvalue weighted by Gasteiger charge is 2.28. The lowest BCUT2D eigenvalue weighted by molar-refractivity contribution is -0.134. The molecule has 43 heavy (non-hydrogen) atoms. The number of aryl methyl sites for hydroxylation is 2. The van der Waals surface area contributed by atoms with Crippen LogP contribution in [0.1, 0.15) is 71.8 Å². The van der Waals surface area contributed by atoms with Crippen LogP contribution in [0.25, 0.3) is 16.8 Å². The molecule has 4 heterocycles. The van der Waals surface area contributed by atoms with Gasteiger partial charge in [-0.05, 0) is 98.0 Å². The third kappa shape index (κ3) is 6.53. The summed E-state index contributed by atoms with van der Waals surface area (Å²) in [6, 6.07) is 16.6. The number of hydrogen-bond acceptors (Lipinski definition) is 6. The first-order chi connectivity index (χ1) is 20.9. The van der Waals surface area contributed by atoms with Gasteiger partial charge in [-0.15, -0.1) is 0 Å². The molecule has 2 atom stereocenters. The average molecular weight is 583 g/mol. The van der Waals surface area contributed by atoms with Crippen molar-refractivity contribution < 1.29 is 14.0 Å². The van der Waals surface area contributed by atoms with E-state index in [1.807, 2.05) is 35.0 Å². The van der Waals surface area contributed by atoms with Crippen molar-refractivity contribution in [3.8, 4) is 11.3 Å². The molecule has 9 heteroatoms. The van der Waals surface area contributed by atoms with E-state index >= 15 is 4.39 Å². The van der Waals surface area contributed by atoms with Gasteiger partial charge in [0.1, 0.15) is 12.5 Å². The molecule has 4 aromatic rings. The maximum Gasteiger partial charge on any atom is 0.234 e. The first-order valence-electron chi connectivity index (χ1n) is 15.3. The molecule has 2 aliphatic heterocycles. The molecule has 2 aromatic heterocycles. The van der Waals surface area contributed by atoms with Crippen molar-refractivity contribution in [1.29, 1.82) is 0 Å². The number of piperidine rings is 2. The van der Waals surface area contributed by atoms with Crippen LogP contribution in [0.3, 0.4) is 0 Å². The highest BCUT2D eigenvalue weighted by Crippen LogP contribution is 2.31. The summed E-state index contributed by atoms with van der Waals surface area (Å²) in [5, 5.41) is 6.82. The van der Waals surface area contributed by atoms with Crippen LogP contribution in [0.2, 0.25) is 0 Å². The number of carbonyl (C=O) groups excluding carboxylic acids is 2. The van der Waals surface area contributed by atoms with Gasteiger partial charge in [0, 0.05) is 31.3 Å². The zero-order chi connectivity index (χ0) is 29.9. The van der Waals surface area contributed by atoms with Crippen molar-refractivity contribution in [2.24, 2.45) is 5.73 Å². The molecule has 0 spiro atoms. The van der Waals surface area contributed by atoms with Crippen molar-refractivity contribution >= 4 is 17.3 Å². The lowest BCUT2D eigenvalue weighted by Crippen LogP contribution is -2.39. The molecule has 0 radical (unpaired) electrons. The molecule has 2 aliphatic rings. The third-order valence-corrected chi connectivity index (χ3v) is 9.14. The monoisotopic (exact) mass is 582 g/mol. The lowest BCUT2D eigenvalue weighted by atomic mass is 9.86. The number of hydrogen-bond donors (Lipinski definition) is 2. The number of carbonyl (C=O) groups is 2. The fourth-order valence-electron chi connectivity index (χ4n) is 6.57. The van der Waals surface area contributed by atoms with Gasteiger partial charge in [0.15, 0.2) is 0 Å². The van der Waals surface area contributed by atoms with E-state index in [1.54, 1.807) is 6.33 Å². The summed E-state index contributed by atoms with van der Waals surface area (Å²) in [5.41, 5.74) is 14.2. The fraction of sp³-hybridized carbons (Fsp3) is 0.412. The lowest BCUT2D eigenvalue weighted by Gasteiger charge is -2.33. The Hall–Kier alpha value is -3.95. The van der Waals surface area contributed by atoms with Crippen LogP contribution in [-0.4, -0.2) is 57.1 Å². The predicted octanol–water partition coefficient (Wildman–Crippen LogP) is 4.83. The van der Waals surface area contributed by atoms with Crippen molar-refractivity contribution in [1.82, 2.24) is 24.8 Å². The van der Waals surface area contributed by atoms with E-state index in [2.05, 4.69) is 51.5 Å². The van der Waals surface area contributed by atoms with Crippen molar-refractivity contribution in [3.05, 3.63) is 88.9 Å². The molecule has 6 rings (SSSR count). The standard InChI is InChI=1S/C34H39FN6O2/c1-22-16-27(7-8-28(22)18-36)33-31-17-23(19-41(31)38-21-37-33)2-9-29(35)20-40-14-12-25(13-15-40)24-3-5-26(6-4-24)30-10-11-32(42)39-34(30)43/h3-8,16-17,19,21,25,29-30H,2,9-15,18,20,36H2,1H3,(H,39,42,43)/t29-,30?/m0/s1. The molecule has 2 saturated heterocycles. The van der Waals surface area contributed by atoms with Crippen LogP contribution in [-0.2, 0) is 22.6 Å². The van der Waals surface area contributed by atoms with Gasteiger partial charge in [0.25, 0.3) is 0 Å². The summed E-state index contributed by atoms with van der Waals surface area (Å²) >= 11 is 0. The Labute approximate surface area is 251 Å². The second-order valence-electron chi connectivity index (χ2n) is 12.0. The number of halogens is 1. The molecule has 1 unspecified atom stereocenters. The minimum absolute atomic E-state index is 0.191. The van der Waals surface area contributed by atoms with Gasteiger partial charge in [0.2, 0.25) is 11.8 Å². The Morgan fingerprint density at radius 2 is 1.81 bits per heavy atom. The second kappa shape index (κ2) is 12.7. The van der Waals surface area contributed by atoms with Crippen LogP contribution in [0.4, 0.5) is 4.39 Å².